The molecule has 7 heteroatoms. The number of Topliss-reactive ketones (excluding diaryl/α,β-unsaturated/α-hetero) is 1. The highest BCUT2D eigenvalue weighted by molar-refractivity contribution is 5.92. The van der Waals surface area contributed by atoms with Crippen molar-refractivity contribution in [3.05, 3.63) is 29.9 Å². The number of hydrogen-bond acceptors (Lipinski definition) is 5. The van der Waals surface area contributed by atoms with Crippen LogP contribution < -0.4 is 0 Å². The summed E-state index contributed by atoms with van der Waals surface area (Å²) in [6.07, 6.45) is 5.20. The molecule has 0 unspecified atom stereocenters. The maximum Gasteiger partial charge on any atom is 0.246 e. The number of imidazole rings is 1. The molecule has 3 rings (SSSR count). The van der Waals surface area contributed by atoms with Gasteiger partial charge in [0.25, 0.3) is 0 Å². The SMILES string of the molecule is CC(=O)c1cnc2n1CCN(C(=O)/C=C/CN1CC(N(C)C)C1)C2. The minimum Gasteiger partial charge on any atom is -0.330 e. The number of likely N-dealkylation sites (tertiary alicyclic amines) is 1. The van der Waals surface area contributed by atoms with Gasteiger partial charge in [-0.05, 0) is 14.1 Å². The Kier molecular flexibility index (Phi) is 4.82. The van der Waals surface area contributed by atoms with Gasteiger partial charge in [0.2, 0.25) is 5.91 Å². The van der Waals surface area contributed by atoms with Crippen LogP contribution in [0.25, 0.3) is 0 Å². The van der Waals surface area contributed by atoms with E-state index in [9.17, 15) is 9.59 Å². The first kappa shape index (κ1) is 16.9. The van der Waals surface area contributed by atoms with Crippen molar-refractivity contribution in [1.82, 2.24) is 24.3 Å². The van der Waals surface area contributed by atoms with E-state index in [0.717, 1.165) is 25.5 Å². The van der Waals surface area contributed by atoms with Crippen LogP contribution in [0.2, 0.25) is 0 Å². The van der Waals surface area contributed by atoms with Crippen LogP contribution in [0.4, 0.5) is 0 Å². The topological polar surface area (TPSA) is 61.7 Å². The quantitative estimate of drug-likeness (QED) is 0.571. The second kappa shape index (κ2) is 6.86. The number of aromatic nitrogens is 2. The van der Waals surface area contributed by atoms with Gasteiger partial charge in [0.15, 0.2) is 5.78 Å². The van der Waals surface area contributed by atoms with Gasteiger partial charge in [-0.1, -0.05) is 6.08 Å². The van der Waals surface area contributed by atoms with Gasteiger partial charge >= 0.3 is 0 Å². The summed E-state index contributed by atoms with van der Waals surface area (Å²) < 4.78 is 1.91. The van der Waals surface area contributed by atoms with E-state index in [1.807, 2.05) is 10.6 Å². The first-order chi connectivity index (χ1) is 11.5. The van der Waals surface area contributed by atoms with Crippen molar-refractivity contribution in [2.24, 2.45) is 0 Å². The summed E-state index contributed by atoms with van der Waals surface area (Å²) in [6, 6.07) is 0.630. The van der Waals surface area contributed by atoms with E-state index in [4.69, 9.17) is 0 Å². The molecule has 24 heavy (non-hydrogen) atoms. The van der Waals surface area contributed by atoms with Crippen LogP contribution in [0.3, 0.4) is 0 Å². The summed E-state index contributed by atoms with van der Waals surface area (Å²) in [6.45, 7) is 6.16. The van der Waals surface area contributed by atoms with Crippen LogP contribution in [0.15, 0.2) is 18.3 Å². The van der Waals surface area contributed by atoms with Gasteiger partial charge in [0.05, 0.1) is 12.7 Å². The van der Waals surface area contributed by atoms with Gasteiger partial charge in [-0.3, -0.25) is 14.5 Å². The molecule has 1 saturated heterocycles. The molecule has 0 bridgehead atoms. The predicted octanol–water partition coefficient (Wildman–Crippen LogP) is 0.230. The maximum atomic E-state index is 12.3. The standard InChI is InChI=1S/C17H25N5O2/c1-13(23)15-9-18-16-12-21(7-8-22(15)16)17(24)5-4-6-20-10-14(11-20)19(2)3/h4-5,9,14H,6-8,10-12H2,1-3H3/b5-4+. The molecule has 0 atom stereocenters. The average Bonchev–Trinajstić information content (AvgIpc) is 2.91. The van der Waals surface area contributed by atoms with Crippen molar-refractivity contribution in [2.75, 3.05) is 40.3 Å². The molecule has 7 nitrogen and oxygen atoms in total. The van der Waals surface area contributed by atoms with Gasteiger partial charge in [-0.25, -0.2) is 4.98 Å². The highest BCUT2D eigenvalue weighted by atomic mass is 16.2. The fourth-order valence-electron chi connectivity index (χ4n) is 3.16. The highest BCUT2D eigenvalue weighted by Crippen LogP contribution is 2.15. The summed E-state index contributed by atoms with van der Waals surface area (Å²) in [5, 5.41) is 0. The Bertz CT molecular complexity index is 658. The number of carbonyl (C=O) groups is 2. The highest BCUT2D eigenvalue weighted by Gasteiger charge is 2.27. The maximum absolute atomic E-state index is 12.3. The minimum atomic E-state index is 0.0123. The molecule has 130 valence electrons. The fourth-order valence-corrected chi connectivity index (χ4v) is 3.16. The van der Waals surface area contributed by atoms with E-state index in [0.29, 0.717) is 31.4 Å². The summed E-state index contributed by atoms with van der Waals surface area (Å²) in [5.74, 6) is 0.807. The molecule has 0 N–H and O–H groups in total. The number of rotatable bonds is 5. The zero-order chi connectivity index (χ0) is 17.3. The van der Waals surface area contributed by atoms with Crippen molar-refractivity contribution in [2.45, 2.75) is 26.1 Å². The monoisotopic (exact) mass is 331 g/mol. The molecule has 1 fully saturated rings. The van der Waals surface area contributed by atoms with Crippen LogP contribution >= 0.6 is 0 Å². The molecule has 0 spiro atoms. The first-order valence-corrected chi connectivity index (χ1v) is 8.35. The molecule has 2 aliphatic heterocycles. The van der Waals surface area contributed by atoms with Crippen molar-refractivity contribution in [3.8, 4) is 0 Å². The third kappa shape index (κ3) is 3.42. The lowest BCUT2D eigenvalue weighted by Gasteiger charge is -2.42. The molecular formula is C17H25N5O2. The molecule has 1 amide bonds. The largest absolute Gasteiger partial charge is 0.330 e. The number of hydrogen-bond donors (Lipinski definition) is 0. The number of amides is 1. The molecular weight excluding hydrogens is 306 g/mol. The Hall–Kier alpha value is -1.99. The van der Waals surface area contributed by atoms with E-state index in [1.165, 1.54) is 0 Å². The van der Waals surface area contributed by atoms with Gasteiger partial charge in [-0.2, -0.15) is 0 Å². The Labute approximate surface area is 142 Å². The average molecular weight is 331 g/mol. The Balaban J connectivity index is 1.50. The molecule has 3 heterocycles. The second-order valence-corrected chi connectivity index (χ2v) is 6.77. The van der Waals surface area contributed by atoms with Crippen LogP contribution in [0.1, 0.15) is 23.2 Å². The van der Waals surface area contributed by atoms with Crippen LogP contribution in [-0.4, -0.2) is 82.3 Å². The summed E-state index contributed by atoms with van der Waals surface area (Å²) in [4.78, 5) is 34.5. The van der Waals surface area contributed by atoms with Crippen molar-refractivity contribution in [1.29, 1.82) is 0 Å². The zero-order valence-electron chi connectivity index (χ0n) is 14.6. The summed E-state index contributed by atoms with van der Waals surface area (Å²) in [5.41, 5.74) is 0.626. The lowest BCUT2D eigenvalue weighted by atomic mass is 10.1. The molecule has 1 aromatic rings. The number of ketones is 1. The van der Waals surface area contributed by atoms with E-state index in [1.54, 1.807) is 24.1 Å². The zero-order valence-corrected chi connectivity index (χ0v) is 14.6. The second-order valence-electron chi connectivity index (χ2n) is 6.77. The Morgan fingerprint density at radius 2 is 2.08 bits per heavy atom. The van der Waals surface area contributed by atoms with Crippen molar-refractivity contribution >= 4 is 11.7 Å². The van der Waals surface area contributed by atoms with Crippen LogP contribution in [-0.2, 0) is 17.9 Å². The Morgan fingerprint density at radius 1 is 1.33 bits per heavy atom. The lowest BCUT2D eigenvalue weighted by molar-refractivity contribution is -0.127. The number of fused-ring (bicyclic) bond motifs is 1. The third-order valence-corrected chi connectivity index (χ3v) is 4.83. The van der Waals surface area contributed by atoms with E-state index < -0.39 is 0 Å². The van der Waals surface area contributed by atoms with Gasteiger partial charge in [0, 0.05) is 51.8 Å². The van der Waals surface area contributed by atoms with Crippen molar-refractivity contribution < 1.29 is 9.59 Å². The Morgan fingerprint density at radius 3 is 2.75 bits per heavy atom. The van der Waals surface area contributed by atoms with Gasteiger partial charge in [-0.15, -0.1) is 0 Å². The predicted molar refractivity (Wildman–Crippen MR) is 90.7 cm³/mol. The molecule has 2 aliphatic rings. The minimum absolute atomic E-state index is 0.0123. The number of nitrogens with zero attached hydrogens (tertiary/aromatic N) is 5. The third-order valence-electron chi connectivity index (χ3n) is 4.83. The summed E-state index contributed by atoms with van der Waals surface area (Å²) >= 11 is 0. The molecule has 0 saturated carbocycles. The smallest absolute Gasteiger partial charge is 0.246 e. The fraction of sp³-hybridized carbons (Fsp3) is 0.588. The lowest BCUT2D eigenvalue weighted by Crippen LogP contribution is -2.57. The first-order valence-electron chi connectivity index (χ1n) is 8.35. The molecule has 0 aromatic carbocycles. The normalized spacial score (nSPS) is 18.9. The van der Waals surface area contributed by atoms with Gasteiger partial charge < -0.3 is 14.4 Å². The van der Waals surface area contributed by atoms with E-state index >= 15 is 0 Å². The number of likely N-dealkylation sites (N-methyl/N-ethyl adjacent to an activating group) is 1. The van der Waals surface area contributed by atoms with Crippen LogP contribution in [0, 0.1) is 0 Å². The molecule has 0 radical (unpaired) electrons. The number of carbonyl (C=O) groups excluding carboxylic acids is 2. The van der Waals surface area contributed by atoms with E-state index in [2.05, 4.69) is 28.9 Å². The summed E-state index contributed by atoms with van der Waals surface area (Å²) in [7, 11) is 4.19. The van der Waals surface area contributed by atoms with E-state index in [-0.39, 0.29) is 11.7 Å². The molecule has 0 aliphatic carbocycles. The van der Waals surface area contributed by atoms with Gasteiger partial charge in [0.1, 0.15) is 11.5 Å². The van der Waals surface area contributed by atoms with Crippen LogP contribution in [0.5, 0.6) is 0 Å². The molecule has 1 aromatic heterocycles. The van der Waals surface area contributed by atoms with Crippen molar-refractivity contribution in [3.63, 3.8) is 0 Å².